The summed E-state index contributed by atoms with van der Waals surface area (Å²) >= 11 is 5.71. The van der Waals surface area contributed by atoms with Crippen LogP contribution in [0.3, 0.4) is 0 Å². The second kappa shape index (κ2) is 7.14. The van der Waals surface area contributed by atoms with Gasteiger partial charge in [0.15, 0.2) is 0 Å². The Balaban J connectivity index is 1.65. The molecule has 0 spiro atoms. The summed E-state index contributed by atoms with van der Waals surface area (Å²) in [4.78, 5) is 39.3. The average Bonchev–Trinajstić information content (AvgIpc) is 2.94. The van der Waals surface area contributed by atoms with Crippen molar-refractivity contribution in [3.8, 4) is 0 Å². The van der Waals surface area contributed by atoms with Crippen LogP contribution in [0.15, 0.2) is 60.7 Å². The molecule has 0 aliphatic carbocycles. The van der Waals surface area contributed by atoms with Crippen molar-refractivity contribution in [3.05, 3.63) is 93.8 Å². The molecule has 3 amide bonds. The van der Waals surface area contributed by atoms with Gasteiger partial charge in [-0.1, -0.05) is 29.8 Å². The third-order valence-electron chi connectivity index (χ3n) is 4.68. The van der Waals surface area contributed by atoms with E-state index in [1.165, 1.54) is 30.3 Å². The van der Waals surface area contributed by atoms with Gasteiger partial charge in [0.1, 0.15) is 5.82 Å². The van der Waals surface area contributed by atoms with Crippen molar-refractivity contribution in [3.63, 3.8) is 0 Å². The minimum atomic E-state index is -0.677. The zero-order chi connectivity index (χ0) is 20.7. The number of amides is 3. The first kappa shape index (κ1) is 18.8. The predicted octanol–water partition coefficient (Wildman–Crippen LogP) is 4.84. The van der Waals surface area contributed by atoms with Gasteiger partial charge in [-0.2, -0.15) is 0 Å². The Hall–Kier alpha value is -3.51. The summed E-state index contributed by atoms with van der Waals surface area (Å²) in [5.41, 5.74) is 1.70. The highest BCUT2D eigenvalue weighted by molar-refractivity contribution is 6.35. The van der Waals surface area contributed by atoms with Crippen molar-refractivity contribution in [2.24, 2.45) is 0 Å². The zero-order valence-electron chi connectivity index (χ0n) is 15.2. The molecule has 5 nitrogen and oxygen atoms in total. The lowest BCUT2D eigenvalue weighted by atomic mass is 10.1. The number of fused-ring (bicyclic) bond motifs is 1. The summed E-state index contributed by atoms with van der Waals surface area (Å²) in [6.45, 7) is 1.80. The third kappa shape index (κ3) is 3.28. The fourth-order valence-corrected chi connectivity index (χ4v) is 3.36. The molecule has 7 heteroatoms. The summed E-state index contributed by atoms with van der Waals surface area (Å²) in [5, 5.41) is 2.65. The van der Waals surface area contributed by atoms with Crippen LogP contribution in [0.4, 0.5) is 15.8 Å². The van der Waals surface area contributed by atoms with Gasteiger partial charge in [0.2, 0.25) is 0 Å². The van der Waals surface area contributed by atoms with E-state index in [0.717, 1.165) is 16.5 Å². The number of imide groups is 1. The first-order valence-corrected chi connectivity index (χ1v) is 9.09. The number of nitrogens with zero attached hydrogens (tertiary/aromatic N) is 1. The minimum Gasteiger partial charge on any atom is -0.319 e. The van der Waals surface area contributed by atoms with Crippen molar-refractivity contribution in [1.29, 1.82) is 0 Å². The van der Waals surface area contributed by atoms with Crippen molar-refractivity contribution in [1.82, 2.24) is 0 Å². The number of anilines is 2. The van der Waals surface area contributed by atoms with E-state index in [-0.39, 0.29) is 27.4 Å². The second-order valence-electron chi connectivity index (χ2n) is 6.57. The zero-order valence-corrected chi connectivity index (χ0v) is 16.0. The molecule has 1 heterocycles. The molecule has 0 saturated heterocycles. The number of carbonyl (C=O) groups excluding carboxylic acids is 3. The molecule has 0 saturated carbocycles. The molecule has 0 bridgehead atoms. The monoisotopic (exact) mass is 408 g/mol. The van der Waals surface area contributed by atoms with Crippen LogP contribution in [0.2, 0.25) is 5.02 Å². The Morgan fingerprint density at radius 1 is 0.966 bits per heavy atom. The van der Waals surface area contributed by atoms with Crippen LogP contribution < -0.4 is 10.2 Å². The van der Waals surface area contributed by atoms with E-state index < -0.39 is 23.5 Å². The van der Waals surface area contributed by atoms with Crippen LogP contribution in [-0.2, 0) is 0 Å². The summed E-state index contributed by atoms with van der Waals surface area (Å²) in [5.74, 6) is -2.24. The molecule has 29 heavy (non-hydrogen) atoms. The fraction of sp³-hybridized carbons (Fsp3) is 0.0455. The van der Waals surface area contributed by atoms with Gasteiger partial charge in [-0.25, -0.2) is 9.29 Å². The topological polar surface area (TPSA) is 66.5 Å². The summed E-state index contributed by atoms with van der Waals surface area (Å²) in [7, 11) is 0. The maximum atomic E-state index is 13.9. The number of para-hydroxylation sites is 1. The molecule has 1 aliphatic heterocycles. The molecular weight excluding hydrogens is 395 g/mol. The van der Waals surface area contributed by atoms with Gasteiger partial charge in [0, 0.05) is 10.6 Å². The van der Waals surface area contributed by atoms with E-state index in [4.69, 9.17) is 11.6 Å². The molecule has 144 valence electrons. The van der Waals surface area contributed by atoms with E-state index in [9.17, 15) is 18.8 Å². The Morgan fingerprint density at radius 3 is 2.41 bits per heavy atom. The van der Waals surface area contributed by atoms with Gasteiger partial charge in [0.05, 0.1) is 22.5 Å². The summed E-state index contributed by atoms with van der Waals surface area (Å²) in [6.07, 6.45) is 0. The number of rotatable bonds is 3. The maximum absolute atomic E-state index is 13.9. The summed E-state index contributed by atoms with van der Waals surface area (Å²) in [6, 6.07) is 15.1. The summed E-state index contributed by atoms with van der Waals surface area (Å²) < 4.78 is 13.9. The lowest BCUT2D eigenvalue weighted by Crippen LogP contribution is -2.29. The molecule has 3 aromatic rings. The first-order chi connectivity index (χ1) is 13.9. The van der Waals surface area contributed by atoms with E-state index in [1.54, 1.807) is 25.1 Å². The van der Waals surface area contributed by atoms with E-state index in [0.29, 0.717) is 5.69 Å². The molecule has 0 radical (unpaired) electrons. The number of halogens is 2. The molecule has 1 N–H and O–H groups in total. The Kier molecular flexibility index (Phi) is 4.64. The number of carbonyl (C=O) groups is 3. The van der Waals surface area contributed by atoms with Crippen molar-refractivity contribution in [2.45, 2.75) is 6.92 Å². The van der Waals surface area contributed by atoms with Crippen molar-refractivity contribution >= 4 is 40.7 Å². The van der Waals surface area contributed by atoms with Gasteiger partial charge in [-0.3, -0.25) is 14.4 Å². The second-order valence-corrected chi connectivity index (χ2v) is 7.01. The van der Waals surface area contributed by atoms with E-state index in [1.807, 2.05) is 6.07 Å². The predicted molar refractivity (Wildman–Crippen MR) is 108 cm³/mol. The molecule has 0 unspecified atom stereocenters. The Morgan fingerprint density at radius 2 is 1.69 bits per heavy atom. The molecule has 3 aromatic carbocycles. The Bertz CT molecular complexity index is 1190. The minimum absolute atomic E-state index is 0.0381. The smallest absolute Gasteiger partial charge is 0.266 e. The largest absolute Gasteiger partial charge is 0.319 e. The van der Waals surface area contributed by atoms with Gasteiger partial charge in [-0.05, 0) is 55.0 Å². The van der Waals surface area contributed by atoms with Gasteiger partial charge >= 0.3 is 0 Å². The van der Waals surface area contributed by atoms with Gasteiger partial charge in [0.25, 0.3) is 17.7 Å². The van der Waals surface area contributed by atoms with Crippen LogP contribution in [0.5, 0.6) is 0 Å². The maximum Gasteiger partial charge on any atom is 0.266 e. The lowest BCUT2D eigenvalue weighted by Gasteiger charge is -2.16. The fourth-order valence-electron chi connectivity index (χ4n) is 3.20. The van der Waals surface area contributed by atoms with Crippen LogP contribution in [0.25, 0.3) is 0 Å². The number of hydrogen-bond donors (Lipinski definition) is 1. The quantitative estimate of drug-likeness (QED) is 0.630. The first-order valence-electron chi connectivity index (χ1n) is 8.71. The van der Waals surface area contributed by atoms with E-state index >= 15 is 0 Å². The molecular formula is C22H14ClFN2O3. The van der Waals surface area contributed by atoms with Crippen LogP contribution in [0, 0.1) is 12.7 Å². The number of aryl methyl sites for hydroxylation is 1. The van der Waals surface area contributed by atoms with Crippen LogP contribution in [-0.4, -0.2) is 17.7 Å². The molecule has 0 atom stereocenters. The van der Waals surface area contributed by atoms with Crippen LogP contribution in [0.1, 0.15) is 36.6 Å². The van der Waals surface area contributed by atoms with Gasteiger partial charge in [-0.15, -0.1) is 0 Å². The third-order valence-corrected chi connectivity index (χ3v) is 4.92. The standard InChI is InChI=1S/C22H14ClFN2O3/c1-12-4-2-3-5-19(12)26-21(28)15-8-6-13(10-16(15)22(26)29)20(27)25-18-9-7-14(23)11-17(18)24/h2-11H,1H3,(H,25,27). The molecule has 0 fully saturated rings. The highest BCUT2D eigenvalue weighted by Crippen LogP contribution is 2.31. The molecule has 4 rings (SSSR count). The van der Waals surface area contributed by atoms with Crippen LogP contribution >= 0.6 is 11.6 Å². The highest BCUT2D eigenvalue weighted by atomic mass is 35.5. The highest BCUT2D eigenvalue weighted by Gasteiger charge is 2.37. The molecule has 1 aliphatic rings. The van der Waals surface area contributed by atoms with Crippen molar-refractivity contribution in [2.75, 3.05) is 10.2 Å². The molecule has 0 aromatic heterocycles. The van der Waals surface area contributed by atoms with E-state index in [2.05, 4.69) is 5.32 Å². The van der Waals surface area contributed by atoms with Gasteiger partial charge < -0.3 is 5.32 Å². The normalized spacial score (nSPS) is 12.9. The SMILES string of the molecule is Cc1ccccc1N1C(=O)c2ccc(C(=O)Nc3ccc(Cl)cc3F)cc2C1=O. The van der Waals surface area contributed by atoms with Crippen molar-refractivity contribution < 1.29 is 18.8 Å². The number of nitrogens with one attached hydrogen (secondary N) is 1. The Labute approximate surface area is 170 Å². The number of hydrogen-bond acceptors (Lipinski definition) is 3. The lowest BCUT2D eigenvalue weighted by molar-refractivity contribution is 0.0925. The number of benzene rings is 3. The average molecular weight is 409 g/mol.